The molecule has 0 spiro atoms. The Hall–Kier alpha value is -2.28. The lowest BCUT2D eigenvalue weighted by Gasteiger charge is -2.08. The minimum atomic E-state index is -0.227. The summed E-state index contributed by atoms with van der Waals surface area (Å²) in [6, 6.07) is 1.80. The standard InChI is InChI=1S/C15H16N4O2S/c1-7(2)11-5-10(12-9(4)19-21-14(12)17-11)13(20)18-15-16-6-8(3)22-15/h5-7H,1-4H3,(H,16,18,20). The van der Waals surface area contributed by atoms with Crippen molar-refractivity contribution in [1.82, 2.24) is 15.1 Å². The van der Waals surface area contributed by atoms with Crippen molar-refractivity contribution in [2.24, 2.45) is 0 Å². The molecule has 0 fully saturated rings. The SMILES string of the molecule is Cc1cnc(NC(=O)c2cc(C(C)C)nc3onc(C)c23)s1. The predicted molar refractivity (Wildman–Crippen MR) is 85.4 cm³/mol. The fraction of sp³-hybridized carbons (Fsp3) is 0.333. The molecule has 0 aliphatic heterocycles. The number of fused-ring (bicyclic) bond motifs is 1. The molecule has 0 saturated heterocycles. The topological polar surface area (TPSA) is 80.9 Å². The maximum Gasteiger partial charge on any atom is 0.259 e. The number of aryl methyl sites for hydroxylation is 2. The van der Waals surface area contributed by atoms with Gasteiger partial charge in [-0.05, 0) is 25.8 Å². The van der Waals surface area contributed by atoms with Gasteiger partial charge in [0.05, 0.1) is 16.6 Å². The summed E-state index contributed by atoms with van der Waals surface area (Å²) in [7, 11) is 0. The summed E-state index contributed by atoms with van der Waals surface area (Å²) in [4.78, 5) is 22.2. The van der Waals surface area contributed by atoms with Crippen LogP contribution in [0.25, 0.3) is 11.1 Å². The van der Waals surface area contributed by atoms with Crippen molar-refractivity contribution in [2.75, 3.05) is 5.32 Å². The van der Waals surface area contributed by atoms with Crippen molar-refractivity contribution in [3.8, 4) is 0 Å². The van der Waals surface area contributed by atoms with Crippen molar-refractivity contribution < 1.29 is 9.32 Å². The molecule has 0 saturated carbocycles. The Bertz CT molecular complexity index is 850. The van der Waals surface area contributed by atoms with Gasteiger partial charge in [0.15, 0.2) is 5.13 Å². The Kier molecular flexibility index (Phi) is 3.66. The summed E-state index contributed by atoms with van der Waals surface area (Å²) >= 11 is 1.44. The van der Waals surface area contributed by atoms with Crippen LogP contribution in [0.3, 0.4) is 0 Å². The van der Waals surface area contributed by atoms with Crippen LogP contribution in [0.4, 0.5) is 5.13 Å². The number of hydrogen-bond donors (Lipinski definition) is 1. The van der Waals surface area contributed by atoms with Crippen LogP contribution >= 0.6 is 11.3 Å². The van der Waals surface area contributed by atoms with E-state index in [1.165, 1.54) is 11.3 Å². The van der Waals surface area contributed by atoms with Crippen molar-refractivity contribution in [3.63, 3.8) is 0 Å². The summed E-state index contributed by atoms with van der Waals surface area (Å²) in [5.41, 5.74) is 2.35. The third-order valence-corrected chi connectivity index (χ3v) is 4.14. The molecular weight excluding hydrogens is 300 g/mol. The molecule has 1 amide bonds. The minimum absolute atomic E-state index is 0.184. The molecule has 0 radical (unpaired) electrons. The summed E-state index contributed by atoms with van der Waals surface area (Å²) in [5, 5.41) is 7.97. The molecule has 114 valence electrons. The summed E-state index contributed by atoms with van der Waals surface area (Å²) in [6.45, 7) is 7.78. The number of aromatic nitrogens is 3. The second kappa shape index (κ2) is 5.49. The predicted octanol–water partition coefficient (Wildman–Crippen LogP) is 3.67. The summed E-state index contributed by atoms with van der Waals surface area (Å²) in [6.07, 6.45) is 1.73. The monoisotopic (exact) mass is 316 g/mol. The zero-order valence-electron chi connectivity index (χ0n) is 12.8. The largest absolute Gasteiger partial charge is 0.336 e. The van der Waals surface area contributed by atoms with Gasteiger partial charge in [-0.15, -0.1) is 11.3 Å². The van der Waals surface area contributed by atoms with E-state index in [-0.39, 0.29) is 11.8 Å². The Balaban J connectivity index is 2.07. The molecule has 0 bridgehead atoms. The number of nitrogens with zero attached hydrogens (tertiary/aromatic N) is 3. The van der Waals surface area contributed by atoms with Crippen molar-refractivity contribution in [3.05, 3.63) is 34.1 Å². The zero-order chi connectivity index (χ0) is 15.9. The molecular formula is C15H16N4O2S. The third kappa shape index (κ3) is 2.59. The first-order chi connectivity index (χ1) is 10.5. The third-order valence-electron chi connectivity index (χ3n) is 3.31. The molecule has 3 rings (SSSR count). The number of carbonyl (C=O) groups excluding carboxylic acids is 1. The molecule has 0 unspecified atom stereocenters. The van der Waals surface area contributed by atoms with Crippen LogP contribution in [0, 0.1) is 13.8 Å². The number of anilines is 1. The van der Waals surface area contributed by atoms with Crippen LogP contribution in [0.2, 0.25) is 0 Å². The van der Waals surface area contributed by atoms with E-state index >= 15 is 0 Å². The fourth-order valence-electron chi connectivity index (χ4n) is 2.17. The lowest BCUT2D eigenvalue weighted by atomic mass is 10.0. The molecule has 3 aromatic rings. The Morgan fingerprint density at radius 3 is 2.77 bits per heavy atom. The lowest BCUT2D eigenvalue weighted by molar-refractivity contribution is 0.102. The maximum atomic E-state index is 12.6. The van der Waals surface area contributed by atoms with Gasteiger partial charge in [-0.3, -0.25) is 10.1 Å². The van der Waals surface area contributed by atoms with E-state index in [1.54, 1.807) is 19.2 Å². The van der Waals surface area contributed by atoms with Crippen molar-refractivity contribution >= 4 is 33.5 Å². The molecule has 0 atom stereocenters. The van der Waals surface area contributed by atoms with E-state index in [1.807, 2.05) is 20.8 Å². The van der Waals surface area contributed by atoms with E-state index in [0.717, 1.165) is 10.6 Å². The first kappa shape index (κ1) is 14.6. The molecule has 0 aliphatic carbocycles. The van der Waals surface area contributed by atoms with E-state index in [9.17, 15) is 4.79 Å². The average Bonchev–Trinajstić information content (AvgIpc) is 3.04. The van der Waals surface area contributed by atoms with E-state index < -0.39 is 0 Å². The Labute approximate surface area is 131 Å². The van der Waals surface area contributed by atoms with Gasteiger partial charge in [-0.2, -0.15) is 0 Å². The van der Waals surface area contributed by atoms with Gasteiger partial charge < -0.3 is 4.52 Å². The Morgan fingerprint density at radius 1 is 1.36 bits per heavy atom. The zero-order valence-corrected chi connectivity index (χ0v) is 13.6. The molecule has 3 aromatic heterocycles. The number of carbonyl (C=O) groups is 1. The van der Waals surface area contributed by atoms with Gasteiger partial charge in [-0.1, -0.05) is 19.0 Å². The average molecular weight is 316 g/mol. The van der Waals surface area contributed by atoms with Gasteiger partial charge in [0.2, 0.25) is 0 Å². The minimum Gasteiger partial charge on any atom is -0.336 e. The summed E-state index contributed by atoms with van der Waals surface area (Å²) in [5.74, 6) is -0.0431. The first-order valence-corrected chi connectivity index (χ1v) is 7.78. The number of pyridine rings is 1. The van der Waals surface area contributed by atoms with Crippen LogP contribution in [0.15, 0.2) is 16.8 Å². The highest BCUT2D eigenvalue weighted by atomic mass is 32.1. The van der Waals surface area contributed by atoms with Gasteiger partial charge in [-0.25, -0.2) is 9.97 Å². The highest BCUT2D eigenvalue weighted by Crippen LogP contribution is 2.26. The summed E-state index contributed by atoms with van der Waals surface area (Å²) < 4.78 is 5.23. The van der Waals surface area contributed by atoms with Gasteiger partial charge >= 0.3 is 0 Å². The number of hydrogen-bond acceptors (Lipinski definition) is 6. The number of amides is 1. The fourth-order valence-corrected chi connectivity index (χ4v) is 2.83. The first-order valence-electron chi connectivity index (χ1n) is 6.96. The van der Waals surface area contributed by atoms with E-state index in [0.29, 0.717) is 27.5 Å². The molecule has 6 nitrogen and oxygen atoms in total. The van der Waals surface area contributed by atoms with Gasteiger partial charge in [0.25, 0.3) is 11.6 Å². The molecule has 0 aliphatic rings. The van der Waals surface area contributed by atoms with Crippen molar-refractivity contribution in [2.45, 2.75) is 33.6 Å². The smallest absolute Gasteiger partial charge is 0.259 e. The molecule has 7 heteroatoms. The number of thiazole rings is 1. The van der Waals surface area contributed by atoms with Crippen LogP contribution in [0.5, 0.6) is 0 Å². The van der Waals surface area contributed by atoms with E-state index in [2.05, 4.69) is 20.4 Å². The van der Waals surface area contributed by atoms with Crippen molar-refractivity contribution in [1.29, 1.82) is 0 Å². The highest BCUT2D eigenvalue weighted by molar-refractivity contribution is 7.15. The van der Waals surface area contributed by atoms with Crippen LogP contribution in [-0.2, 0) is 0 Å². The quantitative estimate of drug-likeness (QED) is 0.797. The second-order valence-corrected chi connectivity index (χ2v) is 6.66. The Morgan fingerprint density at radius 2 is 2.14 bits per heavy atom. The normalized spacial score (nSPS) is 11.3. The van der Waals surface area contributed by atoms with Crippen LogP contribution in [-0.4, -0.2) is 21.0 Å². The van der Waals surface area contributed by atoms with Gasteiger partial charge in [0, 0.05) is 16.8 Å². The number of nitrogens with one attached hydrogen (secondary N) is 1. The second-order valence-electron chi connectivity index (χ2n) is 5.43. The lowest BCUT2D eigenvalue weighted by Crippen LogP contribution is -2.13. The molecule has 3 heterocycles. The van der Waals surface area contributed by atoms with Crippen LogP contribution in [0.1, 0.15) is 46.4 Å². The number of rotatable bonds is 3. The van der Waals surface area contributed by atoms with Crippen LogP contribution < -0.4 is 5.32 Å². The molecule has 0 aromatic carbocycles. The molecule has 22 heavy (non-hydrogen) atoms. The molecule has 1 N–H and O–H groups in total. The highest BCUT2D eigenvalue weighted by Gasteiger charge is 2.20. The maximum absolute atomic E-state index is 12.6. The van der Waals surface area contributed by atoms with E-state index in [4.69, 9.17) is 4.52 Å². The van der Waals surface area contributed by atoms with Gasteiger partial charge in [0.1, 0.15) is 0 Å².